The molecule has 0 spiro atoms. The van der Waals surface area contributed by atoms with Crippen molar-refractivity contribution in [3.63, 3.8) is 0 Å². The minimum atomic E-state index is -0.347. The summed E-state index contributed by atoms with van der Waals surface area (Å²) < 4.78 is 26.6. The van der Waals surface area contributed by atoms with E-state index in [0.717, 1.165) is 0 Å². The van der Waals surface area contributed by atoms with Crippen LogP contribution < -0.4 is 23.7 Å². The van der Waals surface area contributed by atoms with Gasteiger partial charge in [0, 0.05) is 16.7 Å². The first kappa shape index (κ1) is 15.3. The lowest BCUT2D eigenvalue weighted by atomic mass is 9.83. The summed E-state index contributed by atoms with van der Waals surface area (Å²) in [4.78, 5) is 26.1. The highest BCUT2D eigenvalue weighted by atomic mass is 16.7. The van der Waals surface area contributed by atoms with Gasteiger partial charge in [-0.05, 0) is 18.2 Å². The van der Waals surface area contributed by atoms with E-state index in [-0.39, 0.29) is 52.1 Å². The van der Waals surface area contributed by atoms with Crippen LogP contribution in [0.3, 0.4) is 0 Å². The molecular weight excluding hydrogens is 328 g/mol. The molecular formula is C18H14O7. The number of hydrogen-bond acceptors (Lipinski definition) is 7. The molecule has 0 aromatic heterocycles. The maximum atomic E-state index is 13.1. The fourth-order valence-electron chi connectivity index (χ4n) is 3.16. The molecule has 0 saturated carbocycles. The van der Waals surface area contributed by atoms with Crippen molar-refractivity contribution in [2.75, 3.05) is 28.1 Å². The summed E-state index contributed by atoms with van der Waals surface area (Å²) in [7, 11) is 4.29. The predicted molar refractivity (Wildman–Crippen MR) is 85.5 cm³/mol. The Balaban J connectivity index is 2.01. The number of ketones is 2. The summed E-state index contributed by atoms with van der Waals surface area (Å²) in [6.07, 6.45) is 0. The first-order valence-corrected chi connectivity index (χ1v) is 7.46. The zero-order valence-electron chi connectivity index (χ0n) is 13.8. The second-order valence-electron chi connectivity index (χ2n) is 5.48. The van der Waals surface area contributed by atoms with E-state index < -0.39 is 0 Å². The van der Waals surface area contributed by atoms with Crippen molar-refractivity contribution >= 4 is 11.6 Å². The molecule has 0 radical (unpaired) electrons. The average Bonchev–Trinajstić information content (AvgIpc) is 3.10. The van der Waals surface area contributed by atoms with Crippen LogP contribution in [-0.4, -0.2) is 39.7 Å². The summed E-state index contributed by atoms with van der Waals surface area (Å²) in [6.45, 7) is 0.0541. The van der Waals surface area contributed by atoms with E-state index >= 15 is 0 Å². The van der Waals surface area contributed by atoms with E-state index in [2.05, 4.69) is 0 Å². The monoisotopic (exact) mass is 342 g/mol. The number of fused-ring (bicyclic) bond motifs is 3. The van der Waals surface area contributed by atoms with Crippen LogP contribution in [0, 0.1) is 0 Å². The van der Waals surface area contributed by atoms with Crippen LogP contribution in [0.25, 0.3) is 0 Å². The highest BCUT2D eigenvalue weighted by Crippen LogP contribution is 2.47. The van der Waals surface area contributed by atoms with Crippen molar-refractivity contribution in [2.45, 2.75) is 0 Å². The van der Waals surface area contributed by atoms with Gasteiger partial charge in [0.15, 0.2) is 34.6 Å². The Hall–Kier alpha value is -3.22. The molecule has 128 valence electrons. The van der Waals surface area contributed by atoms with E-state index in [9.17, 15) is 9.59 Å². The first-order chi connectivity index (χ1) is 12.1. The van der Waals surface area contributed by atoms with Crippen molar-refractivity contribution in [1.82, 2.24) is 0 Å². The number of carbonyl (C=O) groups is 2. The van der Waals surface area contributed by atoms with Crippen LogP contribution in [0.2, 0.25) is 0 Å². The minimum Gasteiger partial charge on any atom is -0.493 e. The van der Waals surface area contributed by atoms with Crippen LogP contribution in [0.15, 0.2) is 18.2 Å². The molecule has 0 amide bonds. The van der Waals surface area contributed by atoms with Gasteiger partial charge in [0.05, 0.1) is 26.9 Å². The molecule has 7 nitrogen and oxygen atoms in total. The zero-order valence-corrected chi connectivity index (χ0v) is 13.8. The van der Waals surface area contributed by atoms with Gasteiger partial charge in [0.1, 0.15) is 0 Å². The first-order valence-electron chi connectivity index (χ1n) is 7.46. The molecule has 1 heterocycles. The molecule has 0 unspecified atom stereocenters. The lowest BCUT2D eigenvalue weighted by Crippen LogP contribution is -2.22. The number of ether oxygens (including phenoxy) is 5. The molecule has 4 rings (SSSR count). The van der Waals surface area contributed by atoms with E-state index in [1.165, 1.54) is 39.5 Å². The fourth-order valence-corrected chi connectivity index (χ4v) is 3.16. The minimum absolute atomic E-state index is 0.0541. The molecule has 25 heavy (non-hydrogen) atoms. The lowest BCUT2D eigenvalue weighted by molar-refractivity contribution is 0.0975. The van der Waals surface area contributed by atoms with Crippen LogP contribution in [0.1, 0.15) is 31.8 Å². The molecule has 0 N–H and O–H groups in total. The van der Waals surface area contributed by atoms with Crippen molar-refractivity contribution < 1.29 is 33.3 Å². The van der Waals surface area contributed by atoms with Crippen molar-refractivity contribution in [2.24, 2.45) is 0 Å². The van der Waals surface area contributed by atoms with Crippen LogP contribution in [0.5, 0.6) is 28.7 Å². The molecule has 0 atom stereocenters. The van der Waals surface area contributed by atoms with Crippen LogP contribution in [0.4, 0.5) is 0 Å². The maximum absolute atomic E-state index is 13.1. The molecule has 0 fully saturated rings. The van der Waals surface area contributed by atoms with Gasteiger partial charge in [-0.25, -0.2) is 0 Å². The summed E-state index contributed by atoms with van der Waals surface area (Å²) in [5.41, 5.74) is 0.852. The Bertz CT molecular complexity index is 930. The third-order valence-electron chi connectivity index (χ3n) is 4.30. The van der Waals surface area contributed by atoms with Gasteiger partial charge in [0.25, 0.3) is 0 Å². The van der Waals surface area contributed by atoms with Gasteiger partial charge in [0.2, 0.25) is 12.5 Å². The Morgan fingerprint density at radius 3 is 1.92 bits per heavy atom. The molecule has 7 heteroatoms. The van der Waals surface area contributed by atoms with Gasteiger partial charge in [-0.1, -0.05) is 0 Å². The lowest BCUT2D eigenvalue weighted by Gasteiger charge is -2.22. The Labute approximate surface area is 143 Å². The fraction of sp³-hybridized carbons (Fsp3) is 0.222. The van der Waals surface area contributed by atoms with Gasteiger partial charge < -0.3 is 23.7 Å². The van der Waals surface area contributed by atoms with Gasteiger partial charge in [-0.3, -0.25) is 9.59 Å². The van der Waals surface area contributed by atoms with E-state index in [4.69, 9.17) is 23.7 Å². The maximum Gasteiger partial charge on any atom is 0.231 e. The van der Waals surface area contributed by atoms with Gasteiger partial charge >= 0.3 is 0 Å². The second kappa shape index (κ2) is 5.41. The van der Waals surface area contributed by atoms with Crippen molar-refractivity contribution in [3.8, 4) is 28.7 Å². The summed E-state index contributed by atoms with van der Waals surface area (Å²) >= 11 is 0. The smallest absolute Gasteiger partial charge is 0.231 e. The van der Waals surface area contributed by atoms with E-state index in [0.29, 0.717) is 17.2 Å². The standard InChI is InChI=1S/C18H14O7/c1-21-13-6-10-14(18(23-3)17(13)22-2)16(20)9-5-12-11(24-7-25-12)4-8(9)15(10)19/h4-6H,7H2,1-3H3. The number of benzene rings is 2. The molecule has 1 aliphatic carbocycles. The quantitative estimate of drug-likeness (QED) is 0.722. The van der Waals surface area contributed by atoms with Gasteiger partial charge in [-0.15, -0.1) is 0 Å². The van der Waals surface area contributed by atoms with E-state index in [1.54, 1.807) is 0 Å². The van der Waals surface area contributed by atoms with Crippen molar-refractivity contribution in [3.05, 3.63) is 40.5 Å². The van der Waals surface area contributed by atoms with Crippen molar-refractivity contribution in [1.29, 1.82) is 0 Å². The van der Waals surface area contributed by atoms with E-state index in [1.807, 2.05) is 0 Å². The van der Waals surface area contributed by atoms with Gasteiger partial charge in [-0.2, -0.15) is 0 Å². The molecule has 0 bridgehead atoms. The summed E-state index contributed by atoms with van der Waals surface area (Å²) in [6, 6.07) is 4.55. The topological polar surface area (TPSA) is 80.3 Å². The third-order valence-corrected chi connectivity index (χ3v) is 4.30. The predicted octanol–water partition coefficient (Wildman–Crippen LogP) is 2.22. The largest absolute Gasteiger partial charge is 0.493 e. The normalized spacial score (nSPS) is 14.0. The summed E-state index contributed by atoms with van der Waals surface area (Å²) in [5, 5.41) is 0. The Kier molecular flexibility index (Phi) is 3.31. The number of methoxy groups -OCH3 is 3. The SMILES string of the molecule is COc1cc2c(c(OC)c1OC)C(=O)c1cc3c(cc1C2=O)OCO3. The second-order valence-corrected chi connectivity index (χ2v) is 5.48. The van der Waals surface area contributed by atoms with Crippen LogP contribution in [-0.2, 0) is 0 Å². The Morgan fingerprint density at radius 1 is 0.760 bits per heavy atom. The van der Waals surface area contributed by atoms with Crippen LogP contribution >= 0.6 is 0 Å². The highest BCUT2D eigenvalue weighted by Gasteiger charge is 2.37. The molecule has 2 aromatic carbocycles. The zero-order chi connectivity index (χ0) is 17.7. The number of carbonyl (C=O) groups excluding carboxylic acids is 2. The molecule has 0 saturated heterocycles. The molecule has 1 aliphatic heterocycles. The number of rotatable bonds is 3. The summed E-state index contributed by atoms with van der Waals surface area (Å²) in [5.74, 6) is 0.942. The number of hydrogen-bond donors (Lipinski definition) is 0. The molecule has 2 aliphatic rings. The molecule has 2 aromatic rings. The highest BCUT2D eigenvalue weighted by molar-refractivity contribution is 6.30. The third kappa shape index (κ3) is 1.98. The Morgan fingerprint density at radius 2 is 1.36 bits per heavy atom. The average molecular weight is 342 g/mol.